The average molecular weight is 488 g/mol. The number of fused-ring (bicyclic) bond motifs is 2. The van der Waals surface area contributed by atoms with Crippen LogP contribution >= 0.6 is 0 Å². The van der Waals surface area contributed by atoms with Gasteiger partial charge in [0, 0.05) is 52.9 Å². The molecule has 1 N–H and O–H groups in total. The van der Waals surface area contributed by atoms with Gasteiger partial charge in [0.05, 0.1) is 18.2 Å². The van der Waals surface area contributed by atoms with Crippen LogP contribution in [0.5, 0.6) is 0 Å². The van der Waals surface area contributed by atoms with Gasteiger partial charge in [0.2, 0.25) is 0 Å². The van der Waals surface area contributed by atoms with Gasteiger partial charge < -0.3 is 9.55 Å². The highest BCUT2D eigenvalue weighted by molar-refractivity contribution is 5.97. The Morgan fingerprint density at radius 2 is 1.69 bits per heavy atom. The van der Waals surface area contributed by atoms with Crippen LogP contribution in [0.25, 0.3) is 44.3 Å². The Bertz CT molecular complexity index is 1360. The summed E-state index contributed by atoms with van der Waals surface area (Å²) in [7, 11) is 0.500. The molecule has 4 heterocycles. The van der Waals surface area contributed by atoms with Crippen LogP contribution in [0.15, 0.2) is 61.2 Å². The maximum Gasteiger partial charge on any atom is 0.137 e. The zero-order chi connectivity index (χ0) is 26.1. The Morgan fingerprint density at radius 1 is 0.944 bits per heavy atom. The lowest BCUT2D eigenvalue weighted by molar-refractivity contribution is 0.428. The zero-order valence-corrected chi connectivity index (χ0v) is 22.3. The van der Waals surface area contributed by atoms with E-state index in [0.29, 0.717) is 13.2 Å². The van der Waals surface area contributed by atoms with Gasteiger partial charge in [-0.05, 0) is 49.6 Å². The van der Waals surface area contributed by atoms with Crippen molar-refractivity contribution in [3.63, 3.8) is 0 Å². The molecule has 0 fully saturated rings. The van der Waals surface area contributed by atoms with Gasteiger partial charge in [-0.15, -0.1) is 0 Å². The molecule has 5 nitrogen and oxygen atoms in total. The number of hydrogen-bond acceptors (Lipinski definition) is 3. The molecule has 36 heavy (non-hydrogen) atoms. The lowest BCUT2D eigenvalue weighted by Crippen LogP contribution is -2.10. The predicted octanol–water partition coefficient (Wildman–Crippen LogP) is 8.70. The monoisotopic (exact) mass is 487 g/mol. The fraction of sp³-hybridized carbons (Fsp3) is 0.367. The first-order chi connectivity index (χ1) is 17.7. The van der Waals surface area contributed by atoms with Gasteiger partial charge in [-0.3, -0.25) is 9.37 Å². The van der Waals surface area contributed by atoms with Gasteiger partial charge in [0.1, 0.15) is 11.5 Å². The molecule has 5 rings (SSSR count). The number of aromatic nitrogens is 5. The van der Waals surface area contributed by atoms with Crippen LogP contribution in [0.2, 0.25) is 0 Å². The van der Waals surface area contributed by atoms with E-state index < -0.39 is 0 Å². The van der Waals surface area contributed by atoms with Crippen LogP contribution in [0.3, 0.4) is 0 Å². The van der Waals surface area contributed by atoms with Gasteiger partial charge in [-0.25, -0.2) is 9.97 Å². The van der Waals surface area contributed by atoms with Crippen molar-refractivity contribution >= 4 is 22.1 Å². The second-order valence-electron chi connectivity index (χ2n) is 8.53. The number of aryl methyl sites for hydroxylation is 1. The van der Waals surface area contributed by atoms with E-state index in [1.807, 2.05) is 32.3 Å². The number of nitrogens with zero attached hydrogens (tertiary/aromatic N) is 4. The largest absolute Gasteiger partial charge is 0.346 e. The van der Waals surface area contributed by atoms with E-state index in [1.165, 1.54) is 36.8 Å². The minimum absolute atomic E-state index is 0.493. The van der Waals surface area contributed by atoms with E-state index in [2.05, 4.69) is 76.8 Å². The van der Waals surface area contributed by atoms with Crippen LogP contribution in [0.4, 0.5) is 4.39 Å². The number of alkyl halides is 1. The molecule has 0 unspecified atom stereocenters. The number of aromatic amines is 1. The molecule has 0 spiro atoms. The maximum absolute atomic E-state index is 9.50. The predicted molar refractivity (Wildman–Crippen MR) is 150 cm³/mol. The van der Waals surface area contributed by atoms with Crippen molar-refractivity contribution < 1.29 is 4.39 Å². The van der Waals surface area contributed by atoms with Crippen LogP contribution in [0, 0.1) is 6.92 Å². The Morgan fingerprint density at radius 3 is 2.36 bits per heavy atom. The molecule has 0 saturated carbocycles. The molecule has 0 radical (unpaired) electrons. The second-order valence-corrected chi connectivity index (χ2v) is 8.53. The Kier molecular flexibility index (Phi) is 9.74. The Balaban J connectivity index is 0.000000861. The molecular weight excluding hydrogens is 449 g/mol. The van der Waals surface area contributed by atoms with Crippen molar-refractivity contribution in [3.05, 3.63) is 67.0 Å². The molecule has 6 heteroatoms. The summed E-state index contributed by atoms with van der Waals surface area (Å²) in [5.74, 6) is 1.10. The van der Waals surface area contributed by atoms with Crippen molar-refractivity contribution in [1.82, 2.24) is 24.5 Å². The van der Waals surface area contributed by atoms with Crippen molar-refractivity contribution in [2.24, 2.45) is 0 Å². The summed E-state index contributed by atoms with van der Waals surface area (Å²) >= 11 is 0. The fourth-order valence-corrected chi connectivity index (χ4v) is 4.84. The van der Waals surface area contributed by atoms with E-state index >= 15 is 0 Å². The van der Waals surface area contributed by atoms with Crippen molar-refractivity contribution in [1.29, 1.82) is 0 Å². The summed E-state index contributed by atoms with van der Waals surface area (Å²) in [6.07, 6.45) is 12.3. The van der Waals surface area contributed by atoms with Crippen LogP contribution < -0.4 is 0 Å². The molecule has 0 aliphatic heterocycles. The summed E-state index contributed by atoms with van der Waals surface area (Å²) in [5, 5.41) is 1.12. The second kappa shape index (κ2) is 13.0. The summed E-state index contributed by atoms with van der Waals surface area (Å²) < 4.78 is 12.0. The summed E-state index contributed by atoms with van der Waals surface area (Å²) in [5.41, 5.74) is 7.66. The Hall–Kier alpha value is -3.54. The third-order valence-corrected chi connectivity index (χ3v) is 6.31. The molecule has 1 aromatic carbocycles. The van der Waals surface area contributed by atoms with Crippen LogP contribution in [0.1, 0.15) is 65.2 Å². The SMILES string of the molecule is CC.CCCC(CCC)n1c(C)nc2ccc(-c3c[nH]c4ncc(-c5cccnc5)cc34)cc21.CF. The highest BCUT2D eigenvalue weighted by Gasteiger charge is 2.17. The molecule has 0 bridgehead atoms. The van der Waals surface area contributed by atoms with Gasteiger partial charge in [0.15, 0.2) is 0 Å². The molecule has 0 aliphatic carbocycles. The molecule has 0 atom stereocenters. The third-order valence-electron chi connectivity index (χ3n) is 6.31. The van der Waals surface area contributed by atoms with Gasteiger partial charge in [-0.2, -0.15) is 0 Å². The van der Waals surface area contributed by atoms with Gasteiger partial charge in [0.25, 0.3) is 0 Å². The number of nitrogens with one attached hydrogen (secondary N) is 1. The van der Waals surface area contributed by atoms with E-state index in [0.717, 1.165) is 39.1 Å². The minimum Gasteiger partial charge on any atom is -0.346 e. The van der Waals surface area contributed by atoms with Crippen molar-refractivity contribution in [3.8, 4) is 22.3 Å². The first-order valence-electron chi connectivity index (χ1n) is 12.9. The quantitative estimate of drug-likeness (QED) is 0.250. The highest BCUT2D eigenvalue weighted by atomic mass is 19.1. The number of pyridine rings is 2. The molecule has 5 aromatic rings. The van der Waals surface area contributed by atoms with E-state index in [9.17, 15) is 4.39 Å². The standard InChI is InChI=1S/C27H29N5.C2H6.CH3F/c1-4-7-22(8-5-2)32-18(3)31-25-11-10-19(14-26(25)32)24-17-30-27-23(24)13-21(16-29-27)20-9-6-12-28-15-20;2*1-2/h6,9-17,22H,4-5,7-8H2,1-3H3,(H,29,30);1-2H3;1H3. The molecule has 0 amide bonds. The maximum atomic E-state index is 9.50. The minimum atomic E-state index is 0.493. The fourth-order valence-electron chi connectivity index (χ4n) is 4.84. The number of imidazole rings is 1. The summed E-state index contributed by atoms with van der Waals surface area (Å²) in [6, 6.07) is 13.3. The molecule has 190 valence electrons. The first kappa shape index (κ1) is 27.1. The van der Waals surface area contributed by atoms with Crippen LogP contribution in [-0.2, 0) is 0 Å². The van der Waals surface area contributed by atoms with Gasteiger partial charge >= 0.3 is 0 Å². The van der Waals surface area contributed by atoms with Crippen molar-refractivity contribution in [2.75, 3.05) is 7.18 Å². The molecule has 0 aliphatic rings. The number of rotatable bonds is 7. The highest BCUT2D eigenvalue weighted by Crippen LogP contribution is 2.34. The number of halogens is 1. The molecule has 4 aromatic heterocycles. The average Bonchev–Trinajstić information content (AvgIpc) is 3.50. The van der Waals surface area contributed by atoms with E-state index in [1.54, 1.807) is 6.20 Å². The molecular formula is C30H38FN5. The lowest BCUT2D eigenvalue weighted by Gasteiger charge is -2.20. The number of hydrogen-bond donors (Lipinski definition) is 1. The Labute approximate surface area is 213 Å². The van der Waals surface area contributed by atoms with Gasteiger partial charge in [-0.1, -0.05) is 52.7 Å². The lowest BCUT2D eigenvalue weighted by atomic mass is 10.0. The topological polar surface area (TPSA) is 59.4 Å². The van der Waals surface area contributed by atoms with E-state index in [4.69, 9.17) is 4.98 Å². The first-order valence-corrected chi connectivity index (χ1v) is 12.9. The van der Waals surface area contributed by atoms with E-state index in [-0.39, 0.29) is 0 Å². The smallest absolute Gasteiger partial charge is 0.137 e. The number of H-pyrrole nitrogens is 1. The third kappa shape index (κ3) is 5.48. The molecule has 0 saturated heterocycles. The zero-order valence-electron chi connectivity index (χ0n) is 22.3. The normalized spacial score (nSPS) is 10.8. The van der Waals surface area contributed by atoms with Crippen molar-refractivity contribution in [2.45, 2.75) is 66.3 Å². The number of benzene rings is 1. The van der Waals surface area contributed by atoms with Crippen LogP contribution in [-0.4, -0.2) is 31.7 Å². The summed E-state index contributed by atoms with van der Waals surface area (Å²) in [6.45, 7) is 10.7. The summed E-state index contributed by atoms with van der Waals surface area (Å²) in [4.78, 5) is 17.1.